The number of aromatic nitrogens is 2. The maximum Gasteiger partial charge on any atom is 0.0629 e. The Morgan fingerprint density at radius 2 is 2.43 bits per heavy atom. The second-order valence-corrected chi connectivity index (χ2v) is 3.58. The SMILES string of the molecule is C=C(CNCCC)Cn1ccc(C)n1. The molecule has 3 nitrogen and oxygen atoms in total. The first-order chi connectivity index (χ1) is 6.72. The quantitative estimate of drug-likeness (QED) is 0.551. The van der Waals surface area contributed by atoms with Crippen LogP contribution in [0.4, 0.5) is 0 Å². The number of aryl methyl sites for hydroxylation is 1. The van der Waals surface area contributed by atoms with Crippen LogP contribution in [0.1, 0.15) is 19.0 Å². The highest BCUT2D eigenvalue weighted by Crippen LogP contribution is 1.97. The van der Waals surface area contributed by atoms with Crippen molar-refractivity contribution in [1.82, 2.24) is 15.1 Å². The molecule has 0 fully saturated rings. The number of nitrogens with one attached hydrogen (secondary N) is 1. The van der Waals surface area contributed by atoms with Crippen LogP contribution in [-0.2, 0) is 6.54 Å². The third-order valence-electron chi connectivity index (χ3n) is 1.96. The second-order valence-electron chi connectivity index (χ2n) is 3.58. The molecule has 0 spiro atoms. The Kier molecular flexibility index (Phi) is 4.40. The molecular weight excluding hydrogens is 174 g/mol. The van der Waals surface area contributed by atoms with Gasteiger partial charge in [0, 0.05) is 12.7 Å². The molecule has 0 aliphatic heterocycles. The Morgan fingerprint density at radius 3 is 3.00 bits per heavy atom. The van der Waals surface area contributed by atoms with Gasteiger partial charge in [0.1, 0.15) is 0 Å². The van der Waals surface area contributed by atoms with E-state index in [4.69, 9.17) is 0 Å². The summed E-state index contributed by atoms with van der Waals surface area (Å²) in [6.07, 6.45) is 3.15. The molecule has 1 N–H and O–H groups in total. The van der Waals surface area contributed by atoms with Crippen LogP contribution in [0.25, 0.3) is 0 Å². The van der Waals surface area contributed by atoms with Gasteiger partial charge in [-0.05, 0) is 31.5 Å². The van der Waals surface area contributed by atoms with Crippen LogP contribution in [0.15, 0.2) is 24.4 Å². The Morgan fingerprint density at radius 1 is 1.64 bits per heavy atom. The van der Waals surface area contributed by atoms with E-state index in [9.17, 15) is 0 Å². The fraction of sp³-hybridized carbons (Fsp3) is 0.545. The summed E-state index contributed by atoms with van der Waals surface area (Å²) in [5.74, 6) is 0. The molecule has 0 saturated carbocycles. The van der Waals surface area contributed by atoms with Crippen molar-refractivity contribution in [3.63, 3.8) is 0 Å². The van der Waals surface area contributed by atoms with E-state index in [2.05, 4.69) is 23.9 Å². The summed E-state index contributed by atoms with van der Waals surface area (Å²) in [5.41, 5.74) is 2.22. The molecule has 1 rings (SSSR count). The summed E-state index contributed by atoms with van der Waals surface area (Å²) >= 11 is 0. The van der Waals surface area contributed by atoms with Gasteiger partial charge >= 0.3 is 0 Å². The maximum atomic E-state index is 4.31. The Labute approximate surface area is 85.8 Å². The van der Waals surface area contributed by atoms with E-state index < -0.39 is 0 Å². The topological polar surface area (TPSA) is 29.9 Å². The van der Waals surface area contributed by atoms with Crippen molar-refractivity contribution in [2.75, 3.05) is 13.1 Å². The predicted molar refractivity (Wildman–Crippen MR) is 59.3 cm³/mol. The molecule has 0 aliphatic rings. The van der Waals surface area contributed by atoms with Gasteiger partial charge in [-0.3, -0.25) is 4.68 Å². The molecule has 0 unspecified atom stereocenters. The lowest BCUT2D eigenvalue weighted by molar-refractivity contribution is 0.630. The van der Waals surface area contributed by atoms with Crippen molar-refractivity contribution in [3.8, 4) is 0 Å². The molecule has 0 amide bonds. The van der Waals surface area contributed by atoms with Gasteiger partial charge in [-0.1, -0.05) is 13.5 Å². The molecule has 0 bridgehead atoms. The zero-order chi connectivity index (χ0) is 10.4. The summed E-state index contributed by atoms with van der Waals surface area (Å²) < 4.78 is 1.92. The molecule has 0 aliphatic carbocycles. The largest absolute Gasteiger partial charge is 0.313 e. The Balaban J connectivity index is 2.27. The maximum absolute atomic E-state index is 4.31. The van der Waals surface area contributed by atoms with Gasteiger partial charge in [-0.25, -0.2) is 0 Å². The highest BCUT2D eigenvalue weighted by atomic mass is 15.3. The first-order valence-corrected chi connectivity index (χ1v) is 5.09. The van der Waals surface area contributed by atoms with Gasteiger partial charge in [-0.2, -0.15) is 5.10 Å². The van der Waals surface area contributed by atoms with Gasteiger partial charge in [-0.15, -0.1) is 0 Å². The van der Waals surface area contributed by atoms with E-state index in [1.807, 2.05) is 23.9 Å². The summed E-state index contributed by atoms with van der Waals surface area (Å²) in [6.45, 7) is 10.9. The minimum absolute atomic E-state index is 0.810. The van der Waals surface area contributed by atoms with Crippen molar-refractivity contribution in [3.05, 3.63) is 30.1 Å². The monoisotopic (exact) mass is 193 g/mol. The fourth-order valence-electron chi connectivity index (χ4n) is 1.28. The molecule has 1 heterocycles. The number of hydrogen-bond donors (Lipinski definition) is 1. The van der Waals surface area contributed by atoms with Crippen molar-refractivity contribution in [2.24, 2.45) is 0 Å². The Bertz CT molecular complexity index is 288. The lowest BCUT2D eigenvalue weighted by atomic mass is 10.3. The smallest absolute Gasteiger partial charge is 0.0629 e. The van der Waals surface area contributed by atoms with E-state index in [1.165, 1.54) is 5.57 Å². The summed E-state index contributed by atoms with van der Waals surface area (Å²) in [7, 11) is 0. The third-order valence-corrected chi connectivity index (χ3v) is 1.96. The standard InChI is InChI=1S/C11H19N3/c1-4-6-12-8-10(2)9-14-7-5-11(3)13-14/h5,7,12H,2,4,6,8-9H2,1,3H3. The molecule has 14 heavy (non-hydrogen) atoms. The minimum Gasteiger partial charge on any atom is -0.313 e. The van der Waals surface area contributed by atoms with Gasteiger partial charge in [0.2, 0.25) is 0 Å². The minimum atomic E-state index is 0.810. The van der Waals surface area contributed by atoms with Crippen molar-refractivity contribution < 1.29 is 0 Å². The van der Waals surface area contributed by atoms with E-state index in [0.29, 0.717) is 0 Å². The highest BCUT2D eigenvalue weighted by Gasteiger charge is 1.97. The van der Waals surface area contributed by atoms with Crippen LogP contribution in [0, 0.1) is 6.92 Å². The molecular formula is C11H19N3. The third kappa shape index (κ3) is 3.75. The Hall–Kier alpha value is -1.09. The van der Waals surface area contributed by atoms with Crippen molar-refractivity contribution in [1.29, 1.82) is 0 Å². The van der Waals surface area contributed by atoms with Crippen LogP contribution < -0.4 is 5.32 Å². The predicted octanol–water partition coefficient (Wildman–Crippen LogP) is 1.75. The summed E-state index contributed by atoms with van der Waals surface area (Å²) in [4.78, 5) is 0. The first-order valence-electron chi connectivity index (χ1n) is 5.09. The summed E-state index contributed by atoms with van der Waals surface area (Å²) in [6, 6.07) is 2.01. The molecule has 0 aromatic carbocycles. The van der Waals surface area contributed by atoms with Crippen molar-refractivity contribution in [2.45, 2.75) is 26.8 Å². The fourth-order valence-corrected chi connectivity index (χ4v) is 1.28. The molecule has 0 radical (unpaired) electrons. The first kappa shape index (κ1) is 11.0. The van der Waals surface area contributed by atoms with E-state index in [1.54, 1.807) is 0 Å². The van der Waals surface area contributed by atoms with Gasteiger partial charge in [0.15, 0.2) is 0 Å². The van der Waals surface area contributed by atoms with Crippen LogP contribution in [0.2, 0.25) is 0 Å². The summed E-state index contributed by atoms with van der Waals surface area (Å²) in [5, 5.41) is 7.63. The zero-order valence-electron chi connectivity index (χ0n) is 9.08. The molecule has 1 aromatic rings. The van der Waals surface area contributed by atoms with Crippen LogP contribution in [0.3, 0.4) is 0 Å². The van der Waals surface area contributed by atoms with Crippen LogP contribution in [-0.4, -0.2) is 22.9 Å². The number of nitrogens with zero attached hydrogens (tertiary/aromatic N) is 2. The molecule has 0 atom stereocenters. The van der Waals surface area contributed by atoms with E-state index >= 15 is 0 Å². The molecule has 3 heteroatoms. The molecule has 78 valence electrons. The van der Waals surface area contributed by atoms with Crippen LogP contribution >= 0.6 is 0 Å². The molecule has 1 aromatic heterocycles. The van der Waals surface area contributed by atoms with Crippen LogP contribution in [0.5, 0.6) is 0 Å². The van der Waals surface area contributed by atoms with Gasteiger partial charge in [0.05, 0.1) is 12.2 Å². The van der Waals surface area contributed by atoms with Crippen molar-refractivity contribution >= 4 is 0 Å². The number of rotatable bonds is 6. The second kappa shape index (κ2) is 5.60. The lowest BCUT2D eigenvalue weighted by Gasteiger charge is -2.06. The number of hydrogen-bond acceptors (Lipinski definition) is 2. The lowest BCUT2D eigenvalue weighted by Crippen LogP contribution is -2.19. The van der Waals surface area contributed by atoms with E-state index in [-0.39, 0.29) is 0 Å². The highest BCUT2D eigenvalue weighted by molar-refractivity contribution is 5.00. The van der Waals surface area contributed by atoms with E-state index in [0.717, 1.165) is 31.7 Å². The van der Waals surface area contributed by atoms with Gasteiger partial charge in [0.25, 0.3) is 0 Å². The molecule has 0 saturated heterocycles. The normalized spacial score (nSPS) is 10.4. The zero-order valence-corrected chi connectivity index (χ0v) is 9.08. The van der Waals surface area contributed by atoms with Gasteiger partial charge < -0.3 is 5.32 Å². The average molecular weight is 193 g/mol. The average Bonchev–Trinajstić information content (AvgIpc) is 2.52.